The van der Waals surface area contributed by atoms with Crippen molar-refractivity contribution in [1.82, 2.24) is 15.1 Å². The van der Waals surface area contributed by atoms with Crippen molar-refractivity contribution in [2.75, 3.05) is 45.8 Å². The maximum atomic E-state index is 12.5. The SMILES string of the molecule is CCCN(CC(=O)N1CCCC(C)C1)CC1CCNCC1. The highest BCUT2D eigenvalue weighted by atomic mass is 16.2. The van der Waals surface area contributed by atoms with Crippen LogP contribution >= 0.6 is 0 Å². The molecule has 1 atom stereocenters. The van der Waals surface area contributed by atoms with Crippen molar-refractivity contribution in [3.05, 3.63) is 0 Å². The van der Waals surface area contributed by atoms with Crippen molar-refractivity contribution in [2.45, 2.75) is 46.0 Å². The molecule has 0 aliphatic carbocycles. The highest BCUT2D eigenvalue weighted by Crippen LogP contribution is 2.17. The largest absolute Gasteiger partial charge is 0.341 e. The lowest BCUT2D eigenvalue weighted by Gasteiger charge is -2.34. The van der Waals surface area contributed by atoms with Crippen LogP contribution in [-0.4, -0.2) is 61.5 Å². The molecule has 4 heteroatoms. The second kappa shape index (κ2) is 8.74. The van der Waals surface area contributed by atoms with Gasteiger partial charge in [-0.3, -0.25) is 9.69 Å². The van der Waals surface area contributed by atoms with Gasteiger partial charge in [-0.05, 0) is 63.6 Å². The van der Waals surface area contributed by atoms with Crippen LogP contribution in [0.2, 0.25) is 0 Å². The van der Waals surface area contributed by atoms with Crippen molar-refractivity contribution < 1.29 is 4.79 Å². The molecule has 122 valence electrons. The fourth-order valence-electron chi connectivity index (χ4n) is 3.69. The molecule has 0 saturated carbocycles. The summed E-state index contributed by atoms with van der Waals surface area (Å²) in [7, 11) is 0. The van der Waals surface area contributed by atoms with Gasteiger partial charge in [-0.15, -0.1) is 0 Å². The minimum atomic E-state index is 0.351. The van der Waals surface area contributed by atoms with E-state index in [1.165, 1.54) is 25.7 Å². The number of piperidine rings is 2. The Hall–Kier alpha value is -0.610. The van der Waals surface area contributed by atoms with E-state index in [0.717, 1.165) is 51.6 Å². The first-order valence-corrected chi connectivity index (χ1v) is 8.90. The van der Waals surface area contributed by atoms with Gasteiger partial charge >= 0.3 is 0 Å². The average molecular weight is 295 g/mol. The van der Waals surface area contributed by atoms with Gasteiger partial charge < -0.3 is 10.2 Å². The Morgan fingerprint density at radius 1 is 1.29 bits per heavy atom. The predicted octanol–water partition coefficient (Wildman–Crippen LogP) is 1.96. The van der Waals surface area contributed by atoms with Crippen LogP contribution in [0, 0.1) is 11.8 Å². The van der Waals surface area contributed by atoms with Crippen LogP contribution in [0.3, 0.4) is 0 Å². The molecule has 0 radical (unpaired) electrons. The van der Waals surface area contributed by atoms with Gasteiger partial charge in [0.25, 0.3) is 0 Å². The maximum absolute atomic E-state index is 12.5. The van der Waals surface area contributed by atoms with Gasteiger partial charge in [0.15, 0.2) is 0 Å². The summed E-state index contributed by atoms with van der Waals surface area (Å²) in [5.41, 5.74) is 0. The number of amides is 1. The summed E-state index contributed by atoms with van der Waals surface area (Å²) in [6, 6.07) is 0. The van der Waals surface area contributed by atoms with Gasteiger partial charge in [-0.2, -0.15) is 0 Å². The molecular formula is C17H33N3O. The van der Waals surface area contributed by atoms with E-state index >= 15 is 0 Å². The topological polar surface area (TPSA) is 35.6 Å². The lowest BCUT2D eigenvalue weighted by Crippen LogP contribution is -2.46. The van der Waals surface area contributed by atoms with Gasteiger partial charge in [0.1, 0.15) is 0 Å². The Morgan fingerprint density at radius 2 is 2.05 bits per heavy atom. The average Bonchev–Trinajstić information content (AvgIpc) is 2.48. The molecule has 0 aromatic rings. The second-order valence-electron chi connectivity index (χ2n) is 7.02. The van der Waals surface area contributed by atoms with Gasteiger partial charge in [-0.1, -0.05) is 13.8 Å². The van der Waals surface area contributed by atoms with E-state index in [9.17, 15) is 4.79 Å². The Balaban J connectivity index is 1.81. The summed E-state index contributed by atoms with van der Waals surface area (Å²) in [6.07, 6.45) is 6.10. The number of nitrogens with one attached hydrogen (secondary N) is 1. The van der Waals surface area contributed by atoms with E-state index < -0.39 is 0 Å². The summed E-state index contributed by atoms with van der Waals surface area (Å²) in [6.45, 7) is 11.5. The minimum absolute atomic E-state index is 0.351. The lowest BCUT2D eigenvalue weighted by molar-refractivity contribution is -0.134. The number of carbonyl (C=O) groups excluding carboxylic acids is 1. The van der Waals surface area contributed by atoms with Crippen LogP contribution in [-0.2, 0) is 4.79 Å². The molecule has 0 aromatic heterocycles. The molecule has 4 nitrogen and oxygen atoms in total. The summed E-state index contributed by atoms with van der Waals surface area (Å²) in [5, 5.41) is 3.42. The Kier molecular flexibility index (Phi) is 6.97. The smallest absolute Gasteiger partial charge is 0.236 e. The van der Waals surface area contributed by atoms with E-state index in [0.29, 0.717) is 18.4 Å². The number of likely N-dealkylation sites (tertiary alicyclic amines) is 1. The molecule has 1 amide bonds. The molecule has 2 saturated heterocycles. The van der Waals surface area contributed by atoms with Crippen LogP contribution in [0.25, 0.3) is 0 Å². The quantitative estimate of drug-likeness (QED) is 0.813. The first-order chi connectivity index (χ1) is 10.2. The van der Waals surface area contributed by atoms with Gasteiger partial charge in [0, 0.05) is 19.6 Å². The highest BCUT2D eigenvalue weighted by Gasteiger charge is 2.24. The number of nitrogens with zero attached hydrogens (tertiary/aromatic N) is 2. The molecule has 21 heavy (non-hydrogen) atoms. The number of rotatable bonds is 6. The number of hydrogen-bond acceptors (Lipinski definition) is 3. The Labute approximate surface area is 130 Å². The number of carbonyl (C=O) groups is 1. The molecule has 2 rings (SSSR count). The second-order valence-corrected chi connectivity index (χ2v) is 7.02. The van der Waals surface area contributed by atoms with Crippen molar-refractivity contribution in [3.8, 4) is 0 Å². The number of hydrogen-bond donors (Lipinski definition) is 1. The maximum Gasteiger partial charge on any atom is 0.236 e. The first-order valence-electron chi connectivity index (χ1n) is 8.90. The lowest BCUT2D eigenvalue weighted by atomic mass is 9.97. The molecule has 1 N–H and O–H groups in total. The third kappa shape index (κ3) is 5.59. The normalized spacial score (nSPS) is 24.5. The molecule has 2 aliphatic heterocycles. The fourth-order valence-corrected chi connectivity index (χ4v) is 3.69. The van der Waals surface area contributed by atoms with Crippen LogP contribution in [0.15, 0.2) is 0 Å². The van der Waals surface area contributed by atoms with Gasteiger partial charge in [-0.25, -0.2) is 0 Å². The van der Waals surface area contributed by atoms with Crippen molar-refractivity contribution in [3.63, 3.8) is 0 Å². The Bertz CT molecular complexity index is 315. The molecular weight excluding hydrogens is 262 g/mol. The Morgan fingerprint density at radius 3 is 2.71 bits per heavy atom. The van der Waals surface area contributed by atoms with Crippen LogP contribution < -0.4 is 5.32 Å². The fraction of sp³-hybridized carbons (Fsp3) is 0.941. The third-order valence-electron chi connectivity index (χ3n) is 4.88. The van der Waals surface area contributed by atoms with E-state index in [2.05, 4.69) is 29.0 Å². The summed E-state index contributed by atoms with van der Waals surface area (Å²) >= 11 is 0. The predicted molar refractivity (Wildman–Crippen MR) is 87.3 cm³/mol. The van der Waals surface area contributed by atoms with E-state index in [-0.39, 0.29) is 0 Å². The van der Waals surface area contributed by atoms with Crippen molar-refractivity contribution >= 4 is 5.91 Å². The monoisotopic (exact) mass is 295 g/mol. The van der Waals surface area contributed by atoms with Gasteiger partial charge in [0.05, 0.1) is 6.54 Å². The zero-order valence-electron chi connectivity index (χ0n) is 13.9. The van der Waals surface area contributed by atoms with E-state index in [4.69, 9.17) is 0 Å². The molecule has 0 bridgehead atoms. The zero-order valence-corrected chi connectivity index (χ0v) is 13.9. The van der Waals surface area contributed by atoms with Gasteiger partial charge in [0.2, 0.25) is 5.91 Å². The van der Waals surface area contributed by atoms with E-state index in [1.54, 1.807) is 0 Å². The van der Waals surface area contributed by atoms with Crippen molar-refractivity contribution in [2.24, 2.45) is 11.8 Å². The van der Waals surface area contributed by atoms with Crippen LogP contribution in [0.5, 0.6) is 0 Å². The zero-order chi connectivity index (χ0) is 15.1. The van der Waals surface area contributed by atoms with Crippen molar-refractivity contribution in [1.29, 1.82) is 0 Å². The standard InChI is InChI=1S/C17H33N3O/c1-3-10-19(13-16-6-8-18-9-7-16)14-17(21)20-11-4-5-15(2)12-20/h15-16,18H,3-14H2,1-2H3. The molecule has 2 fully saturated rings. The highest BCUT2D eigenvalue weighted by molar-refractivity contribution is 5.78. The summed E-state index contributed by atoms with van der Waals surface area (Å²) in [4.78, 5) is 17.0. The molecule has 2 heterocycles. The first kappa shape index (κ1) is 16.8. The van der Waals surface area contributed by atoms with Crippen LogP contribution in [0.1, 0.15) is 46.0 Å². The minimum Gasteiger partial charge on any atom is -0.341 e. The molecule has 2 aliphatic rings. The molecule has 1 unspecified atom stereocenters. The molecule has 0 spiro atoms. The van der Waals surface area contributed by atoms with E-state index in [1.807, 2.05) is 0 Å². The van der Waals surface area contributed by atoms with Crippen LogP contribution in [0.4, 0.5) is 0 Å². The summed E-state index contributed by atoms with van der Waals surface area (Å²) < 4.78 is 0. The molecule has 0 aromatic carbocycles. The summed E-state index contributed by atoms with van der Waals surface area (Å²) in [5.74, 6) is 1.79. The third-order valence-corrected chi connectivity index (χ3v) is 4.88.